The molecule has 2 heterocycles. The van der Waals surface area contributed by atoms with E-state index in [0.717, 1.165) is 17.8 Å². The van der Waals surface area contributed by atoms with E-state index < -0.39 is 0 Å². The molecule has 0 atom stereocenters. The highest BCUT2D eigenvalue weighted by Crippen LogP contribution is 2.21. The van der Waals surface area contributed by atoms with E-state index >= 15 is 0 Å². The second kappa shape index (κ2) is 5.73. The van der Waals surface area contributed by atoms with Crippen LogP contribution >= 0.6 is 11.8 Å². The summed E-state index contributed by atoms with van der Waals surface area (Å²) in [5.74, 6) is 1.37. The van der Waals surface area contributed by atoms with Crippen molar-refractivity contribution < 1.29 is 0 Å². The number of benzene rings is 1. The van der Waals surface area contributed by atoms with Crippen LogP contribution in [0, 0.1) is 6.92 Å². The van der Waals surface area contributed by atoms with Crippen LogP contribution in [-0.4, -0.2) is 25.3 Å². The molecule has 5 nitrogen and oxygen atoms in total. The van der Waals surface area contributed by atoms with Crippen LogP contribution in [0.5, 0.6) is 0 Å². The lowest BCUT2D eigenvalue weighted by molar-refractivity contribution is 0.902. The fraction of sp³-hybridized carbons (Fsp3) is 0.267. The number of aromatic nitrogens is 4. The van der Waals surface area contributed by atoms with Crippen LogP contribution < -0.4 is 5.73 Å². The molecule has 6 heteroatoms. The minimum atomic E-state index is 0.443. The molecule has 0 fully saturated rings. The first-order valence-electron chi connectivity index (χ1n) is 6.76. The van der Waals surface area contributed by atoms with Crippen molar-refractivity contribution in [3.8, 4) is 0 Å². The number of thioether (sulfide) groups is 1. The van der Waals surface area contributed by atoms with Crippen LogP contribution in [0.15, 0.2) is 35.7 Å². The zero-order valence-electron chi connectivity index (χ0n) is 12.1. The van der Waals surface area contributed by atoms with Gasteiger partial charge in [0.25, 0.3) is 0 Å². The predicted molar refractivity (Wildman–Crippen MR) is 86.3 cm³/mol. The van der Waals surface area contributed by atoms with E-state index in [4.69, 9.17) is 5.73 Å². The summed E-state index contributed by atoms with van der Waals surface area (Å²) in [7, 11) is 1.91. The Morgan fingerprint density at radius 1 is 1.19 bits per heavy atom. The third-order valence-electron chi connectivity index (χ3n) is 3.31. The monoisotopic (exact) mass is 299 g/mol. The molecule has 0 radical (unpaired) electrons. The van der Waals surface area contributed by atoms with Crippen molar-refractivity contribution in [2.75, 3.05) is 11.5 Å². The average molecular weight is 299 g/mol. The number of hydrogen-bond acceptors (Lipinski definition) is 5. The Hall–Kier alpha value is -2.08. The molecule has 1 aromatic carbocycles. The van der Waals surface area contributed by atoms with Gasteiger partial charge in [-0.2, -0.15) is 0 Å². The molecule has 3 rings (SSSR count). The number of aryl methyl sites for hydroxylation is 3. The van der Waals surface area contributed by atoms with E-state index in [0.29, 0.717) is 16.5 Å². The molecule has 0 unspecified atom stereocenters. The minimum absolute atomic E-state index is 0.443. The Morgan fingerprint density at radius 2 is 1.95 bits per heavy atom. The lowest BCUT2D eigenvalue weighted by Gasteiger charge is -2.04. The van der Waals surface area contributed by atoms with Crippen LogP contribution in [0.1, 0.15) is 11.1 Å². The Balaban J connectivity index is 1.70. The van der Waals surface area contributed by atoms with Gasteiger partial charge in [-0.1, -0.05) is 41.6 Å². The molecule has 0 saturated heterocycles. The Kier molecular flexibility index (Phi) is 3.79. The molecule has 0 amide bonds. The van der Waals surface area contributed by atoms with Gasteiger partial charge in [0.05, 0.1) is 6.33 Å². The highest BCUT2D eigenvalue weighted by Gasteiger charge is 2.09. The van der Waals surface area contributed by atoms with Gasteiger partial charge in [0, 0.05) is 12.8 Å². The van der Waals surface area contributed by atoms with Gasteiger partial charge < -0.3 is 10.3 Å². The maximum absolute atomic E-state index is 5.93. The van der Waals surface area contributed by atoms with E-state index in [1.807, 2.05) is 11.6 Å². The van der Waals surface area contributed by atoms with Crippen molar-refractivity contribution in [1.82, 2.24) is 19.5 Å². The summed E-state index contributed by atoms with van der Waals surface area (Å²) in [5, 5.41) is 0.704. The highest BCUT2D eigenvalue weighted by atomic mass is 32.2. The Labute approximate surface area is 127 Å². The zero-order valence-corrected chi connectivity index (χ0v) is 12.9. The summed E-state index contributed by atoms with van der Waals surface area (Å²) in [6.07, 6.45) is 2.69. The van der Waals surface area contributed by atoms with Gasteiger partial charge in [-0.15, -0.1) is 0 Å². The van der Waals surface area contributed by atoms with Crippen molar-refractivity contribution in [2.24, 2.45) is 7.05 Å². The summed E-state index contributed by atoms with van der Waals surface area (Å²) in [6, 6.07) is 8.59. The van der Waals surface area contributed by atoms with Crippen molar-refractivity contribution in [2.45, 2.75) is 18.5 Å². The number of fused-ring (bicyclic) bond motifs is 1. The molecule has 0 aliphatic heterocycles. The first-order chi connectivity index (χ1) is 10.1. The quantitative estimate of drug-likeness (QED) is 0.592. The van der Waals surface area contributed by atoms with Crippen molar-refractivity contribution >= 4 is 28.7 Å². The van der Waals surface area contributed by atoms with E-state index in [2.05, 4.69) is 46.1 Å². The second-order valence-corrected chi connectivity index (χ2v) is 6.07. The number of imidazole rings is 1. The van der Waals surface area contributed by atoms with Gasteiger partial charge in [0.2, 0.25) is 0 Å². The van der Waals surface area contributed by atoms with Gasteiger partial charge in [0.15, 0.2) is 16.6 Å². The van der Waals surface area contributed by atoms with Gasteiger partial charge in [-0.25, -0.2) is 15.0 Å². The standard InChI is InChI=1S/C15H17N5S/c1-10-3-5-11(6-4-10)7-8-21-15-18-13(16)12-14(19-15)20(2)9-17-12/h3-6,9H,7-8H2,1-2H3,(H2,16,18,19). The Morgan fingerprint density at radius 3 is 2.71 bits per heavy atom. The van der Waals surface area contributed by atoms with Crippen molar-refractivity contribution in [3.63, 3.8) is 0 Å². The van der Waals surface area contributed by atoms with Crippen LogP contribution in [0.25, 0.3) is 11.2 Å². The molecule has 21 heavy (non-hydrogen) atoms. The number of nitrogens with zero attached hydrogens (tertiary/aromatic N) is 4. The molecule has 0 aliphatic rings. The van der Waals surface area contributed by atoms with Crippen LogP contribution in [0.3, 0.4) is 0 Å². The fourth-order valence-corrected chi connectivity index (χ4v) is 2.92. The third kappa shape index (κ3) is 3.00. The van der Waals surface area contributed by atoms with Gasteiger partial charge in [-0.3, -0.25) is 0 Å². The van der Waals surface area contributed by atoms with Crippen molar-refractivity contribution in [1.29, 1.82) is 0 Å². The number of nitrogens with two attached hydrogens (primary N) is 1. The predicted octanol–water partition coefficient (Wildman–Crippen LogP) is 2.59. The van der Waals surface area contributed by atoms with Crippen LogP contribution in [0.4, 0.5) is 5.82 Å². The molecular weight excluding hydrogens is 282 g/mol. The van der Waals surface area contributed by atoms with Crippen LogP contribution in [0.2, 0.25) is 0 Å². The lowest BCUT2D eigenvalue weighted by Crippen LogP contribution is -1.99. The molecule has 3 aromatic rings. The molecule has 0 bridgehead atoms. The number of hydrogen-bond donors (Lipinski definition) is 1. The average Bonchev–Trinajstić information content (AvgIpc) is 2.83. The SMILES string of the molecule is Cc1ccc(CCSc2nc(N)c3ncn(C)c3n2)cc1. The van der Waals surface area contributed by atoms with Crippen molar-refractivity contribution in [3.05, 3.63) is 41.7 Å². The molecule has 2 N–H and O–H groups in total. The smallest absolute Gasteiger partial charge is 0.191 e. The minimum Gasteiger partial charge on any atom is -0.382 e. The molecule has 2 aromatic heterocycles. The van der Waals surface area contributed by atoms with E-state index in [1.54, 1.807) is 18.1 Å². The highest BCUT2D eigenvalue weighted by molar-refractivity contribution is 7.99. The number of anilines is 1. The largest absolute Gasteiger partial charge is 0.382 e. The van der Waals surface area contributed by atoms with Gasteiger partial charge in [0.1, 0.15) is 5.52 Å². The summed E-state index contributed by atoms with van der Waals surface area (Å²) >= 11 is 1.62. The Bertz CT molecular complexity index is 764. The van der Waals surface area contributed by atoms with E-state index in [1.165, 1.54) is 11.1 Å². The first-order valence-corrected chi connectivity index (χ1v) is 7.75. The molecule has 108 valence electrons. The second-order valence-electron chi connectivity index (χ2n) is 5.00. The van der Waals surface area contributed by atoms with Gasteiger partial charge in [-0.05, 0) is 18.9 Å². The summed E-state index contributed by atoms with van der Waals surface area (Å²) in [5.41, 5.74) is 9.98. The number of rotatable bonds is 4. The summed E-state index contributed by atoms with van der Waals surface area (Å²) < 4.78 is 1.86. The molecule has 0 aliphatic carbocycles. The maximum Gasteiger partial charge on any atom is 0.191 e. The molecule has 0 spiro atoms. The fourth-order valence-electron chi connectivity index (χ4n) is 2.09. The normalized spacial score (nSPS) is 11.1. The third-order valence-corrected chi connectivity index (χ3v) is 4.16. The molecular formula is C15H17N5S. The summed E-state index contributed by atoms with van der Waals surface area (Å²) in [6.45, 7) is 2.10. The zero-order chi connectivity index (χ0) is 14.8. The van der Waals surface area contributed by atoms with Gasteiger partial charge >= 0.3 is 0 Å². The van der Waals surface area contributed by atoms with Crippen LogP contribution in [-0.2, 0) is 13.5 Å². The number of nitrogen functional groups attached to an aromatic ring is 1. The molecule has 0 saturated carbocycles. The lowest BCUT2D eigenvalue weighted by atomic mass is 10.1. The van der Waals surface area contributed by atoms with E-state index in [9.17, 15) is 0 Å². The summed E-state index contributed by atoms with van der Waals surface area (Å²) in [4.78, 5) is 13.0. The maximum atomic E-state index is 5.93. The first kappa shape index (κ1) is 13.9. The topological polar surface area (TPSA) is 69.6 Å². The van der Waals surface area contributed by atoms with E-state index in [-0.39, 0.29) is 0 Å².